The second kappa shape index (κ2) is 5.56. The highest BCUT2D eigenvalue weighted by molar-refractivity contribution is 5.61. The lowest BCUT2D eigenvalue weighted by Crippen LogP contribution is -2.11. The molecule has 0 aliphatic carbocycles. The van der Waals surface area contributed by atoms with Gasteiger partial charge in [-0.25, -0.2) is 0 Å². The van der Waals surface area contributed by atoms with Gasteiger partial charge in [-0.15, -0.1) is 5.10 Å². The lowest BCUT2D eigenvalue weighted by atomic mass is 10.1. The number of nitrogens with one attached hydrogen (secondary N) is 1. The lowest BCUT2D eigenvalue weighted by molar-refractivity contribution is 0.474. The zero-order valence-corrected chi connectivity index (χ0v) is 11.1. The van der Waals surface area contributed by atoms with Crippen molar-refractivity contribution in [2.24, 2.45) is 0 Å². The number of para-hydroxylation sites is 2. The van der Waals surface area contributed by atoms with Gasteiger partial charge in [0.15, 0.2) is 0 Å². The van der Waals surface area contributed by atoms with E-state index < -0.39 is 0 Å². The van der Waals surface area contributed by atoms with E-state index in [2.05, 4.69) is 27.8 Å². The lowest BCUT2D eigenvalue weighted by Gasteiger charge is -2.18. The molecule has 0 fully saturated rings. The molecule has 2 aromatic heterocycles. The third kappa shape index (κ3) is 2.40. The molecule has 0 amide bonds. The van der Waals surface area contributed by atoms with E-state index in [1.807, 2.05) is 36.4 Å². The van der Waals surface area contributed by atoms with Gasteiger partial charge in [0.2, 0.25) is 0 Å². The van der Waals surface area contributed by atoms with Crippen molar-refractivity contribution in [2.45, 2.75) is 19.4 Å². The maximum Gasteiger partial charge on any atom is 0.143 e. The SMILES string of the molecule is CCC(Nc1ccccc1-n1cnnn1)c1ccco1. The van der Waals surface area contributed by atoms with Crippen LogP contribution in [0, 0.1) is 0 Å². The van der Waals surface area contributed by atoms with E-state index in [-0.39, 0.29) is 6.04 Å². The summed E-state index contributed by atoms with van der Waals surface area (Å²) in [6.07, 6.45) is 4.18. The van der Waals surface area contributed by atoms with E-state index >= 15 is 0 Å². The van der Waals surface area contributed by atoms with E-state index in [1.54, 1.807) is 17.3 Å². The molecule has 0 aliphatic heterocycles. The molecule has 0 spiro atoms. The van der Waals surface area contributed by atoms with Crippen molar-refractivity contribution in [2.75, 3.05) is 5.32 Å². The smallest absolute Gasteiger partial charge is 0.143 e. The van der Waals surface area contributed by atoms with Crippen LogP contribution in [0.3, 0.4) is 0 Å². The van der Waals surface area contributed by atoms with Crippen LogP contribution in [0.1, 0.15) is 25.1 Å². The number of anilines is 1. The highest BCUT2D eigenvalue weighted by Crippen LogP contribution is 2.26. The van der Waals surface area contributed by atoms with Gasteiger partial charge in [-0.1, -0.05) is 19.1 Å². The average molecular weight is 269 g/mol. The van der Waals surface area contributed by atoms with Gasteiger partial charge in [-0.05, 0) is 41.1 Å². The number of hydrogen-bond acceptors (Lipinski definition) is 5. The standard InChI is InChI=1S/C14H15N5O/c1-2-11(14-8-5-9-20-14)16-12-6-3-4-7-13(12)19-10-15-17-18-19/h3-11,16H,2H2,1H3. The zero-order valence-electron chi connectivity index (χ0n) is 11.1. The third-order valence-corrected chi connectivity index (χ3v) is 3.12. The van der Waals surface area contributed by atoms with Crippen LogP contribution in [0.15, 0.2) is 53.4 Å². The quantitative estimate of drug-likeness (QED) is 0.771. The van der Waals surface area contributed by atoms with Crippen molar-refractivity contribution in [1.82, 2.24) is 20.2 Å². The molecule has 6 heteroatoms. The van der Waals surface area contributed by atoms with Crippen molar-refractivity contribution >= 4 is 5.69 Å². The highest BCUT2D eigenvalue weighted by atomic mass is 16.3. The molecular formula is C14H15N5O. The summed E-state index contributed by atoms with van der Waals surface area (Å²) in [6.45, 7) is 2.11. The van der Waals surface area contributed by atoms with Gasteiger partial charge in [-0.2, -0.15) is 4.68 Å². The van der Waals surface area contributed by atoms with Crippen molar-refractivity contribution in [3.8, 4) is 5.69 Å². The van der Waals surface area contributed by atoms with Crippen LogP contribution in [-0.4, -0.2) is 20.2 Å². The first-order valence-corrected chi connectivity index (χ1v) is 6.51. The summed E-state index contributed by atoms with van der Waals surface area (Å²) in [5, 5.41) is 14.8. The summed E-state index contributed by atoms with van der Waals surface area (Å²) in [5.74, 6) is 0.916. The fraction of sp³-hybridized carbons (Fsp3) is 0.214. The molecule has 0 radical (unpaired) electrons. The summed E-state index contributed by atoms with van der Waals surface area (Å²) in [4.78, 5) is 0. The Labute approximate surface area is 116 Å². The maximum absolute atomic E-state index is 5.48. The number of nitrogens with zero attached hydrogens (tertiary/aromatic N) is 4. The van der Waals surface area contributed by atoms with Gasteiger partial charge in [-0.3, -0.25) is 0 Å². The molecule has 2 heterocycles. The molecule has 0 aliphatic rings. The van der Waals surface area contributed by atoms with Crippen LogP contribution in [0.25, 0.3) is 5.69 Å². The Morgan fingerprint density at radius 2 is 2.15 bits per heavy atom. The van der Waals surface area contributed by atoms with E-state index in [9.17, 15) is 0 Å². The zero-order chi connectivity index (χ0) is 13.8. The summed E-state index contributed by atoms with van der Waals surface area (Å²) in [6, 6.07) is 11.9. The summed E-state index contributed by atoms with van der Waals surface area (Å²) >= 11 is 0. The van der Waals surface area contributed by atoms with Gasteiger partial charge in [0, 0.05) is 0 Å². The van der Waals surface area contributed by atoms with E-state index in [1.165, 1.54) is 0 Å². The molecule has 3 rings (SSSR count). The first-order chi connectivity index (χ1) is 9.88. The summed E-state index contributed by atoms with van der Waals surface area (Å²) in [5.41, 5.74) is 1.87. The Bertz CT molecular complexity index is 648. The number of aromatic nitrogens is 4. The number of benzene rings is 1. The molecule has 0 bridgehead atoms. The van der Waals surface area contributed by atoms with Crippen LogP contribution < -0.4 is 5.32 Å². The molecule has 3 aromatic rings. The molecule has 1 aromatic carbocycles. The van der Waals surface area contributed by atoms with Crippen LogP contribution in [0.4, 0.5) is 5.69 Å². The van der Waals surface area contributed by atoms with Crippen molar-refractivity contribution < 1.29 is 4.42 Å². The Morgan fingerprint density at radius 1 is 1.25 bits per heavy atom. The monoisotopic (exact) mass is 269 g/mol. The Kier molecular flexibility index (Phi) is 3.45. The van der Waals surface area contributed by atoms with Gasteiger partial charge in [0.25, 0.3) is 0 Å². The Morgan fingerprint density at radius 3 is 2.85 bits per heavy atom. The van der Waals surface area contributed by atoms with Crippen molar-refractivity contribution in [3.05, 3.63) is 54.7 Å². The molecule has 102 valence electrons. The van der Waals surface area contributed by atoms with E-state index in [0.29, 0.717) is 0 Å². The summed E-state index contributed by atoms with van der Waals surface area (Å²) < 4.78 is 7.12. The molecule has 0 saturated carbocycles. The second-order valence-electron chi connectivity index (χ2n) is 4.39. The molecule has 6 nitrogen and oxygen atoms in total. The van der Waals surface area contributed by atoms with E-state index in [0.717, 1.165) is 23.6 Å². The minimum absolute atomic E-state index is 0.114. The number of tetrazole rings is 1. The molecular weight excluding hydrogens is 254 g/mol. The number of hydrogen-bond donors (Lipinski definition) is 1. The topological polar surface area (TPSA) is 68.8 Å². The van der Waals surface area contributed by atoms with Crippen molar-refractivity contribution in [1.29, 1.82) is 0 Å². The van der Waals surface area contributed by atoms with Gasteiger partial charge >= 0.3 is 0 Å². The number of furan rings is 1. The fourth-order valence-electron chi connectivity index (χ4n) is 2.12. The fourth-order valence-corrected chi connectivity index (χ4v) is 2.12. The molecule has 1 unspecified atom stereocenters. The predicted molar refractivity (Wildman–Crippen MR) is 74.5 cm³/mol. The normalized spacial score (nSPS) is 12.2. The minimum atomic E-state index is 0.114. The molecule has 1 atom stereocenters. The predicted octanol–water partition coefficient (Wildman–Crippen LogP) is 2.82. The third-order valence-electron chi connectivity index (χ3n) is 3.12. The van der Waals surface area contributed by atoms with Crippen LogP contribution in [-0.2, 0) is 0 Å². The van der Waals surface area contributed by atoms with Crippen LogP contribution in [0.5, 0.6) is 0 Å². The maximum atomic E-state index is 5.48. The average Bonchev–Trinajstić information content (AvgIpc) is 3.18. The first-order valence-electron chi connectivity index (χ1n) is 6.51. The number of rotatable bonds is 5. The van der Waals surface area contributed by atoms with Gasteiger partial charge < -0.3 is 9.73 Å². The van der Waals surface area contributed by atoms with E-state index in [4.69, 9.17) is 4.42 Å². The molecule has 20 heavy (non-hydrogen) atoms. The molecule has 1 N–H and O–H groups in total. The largest absolute Gasteiger partial charge is 0.467 e. The molecule has 0 saturated heterocycles. The van der Waals surface area contributed by atoms with Crippen molar-refractivity contribution in [3.63, 3.8) is 0 Å². The van der Waals surface area contributed by atoms with Crippen LogP contribution in [0.2, 0.25) is 0 Å². The Hall–Kier alpha value is -2.63. The first kappa shape index (κ1) is 12.4. The van der Waals surface area contributed by atoms with Gasteiger partial charge in [0.1, 0.15) is 12.1 Å². The van der Waals surface area contributed by atoms with Crippen LogP contribution >= 0.6 is 0 Å². The van der Waals surface area contributed by atoms with Gasteiger partial charge in [0.05, 0.1) is 23.7 Å². The summed E-state index contributed by atoms with van der Waals surface area (Å²) in [7, 11) is 0. The minimum Gasteiger partial charge on any atom is -0.467 e. The Balaban J connectivity index is 1.91. The highest BCUT2D eigenvalue weighted by Gasteiger charge is 2.14. The second-order valence-corrected chi connectivity index (χ2v) is 4.39.